The van der Waals surface area contributed by atoms with E-state index in [1.807, 2.05) is 37.3 Å². The molecule has 0 aliphatic carbocycles. The predicted octanol–water partition coefficient (Wildman–Crippen LogP) is 2.41. The number of phenolic OH excluding ortho intramolecular Hbond substituents is 1. The summed E-state index contributed by atoms with van der Waals surface area (Å²) >= 11 is 0. The zero-order valence-corrected chi connectivity index (χ0v) is 10.6. The molecule has 0 aliphatic rings. The average molecular weight is 245 g/mol. The van der Waals surface area contributed by atoms with Gasteiger partial charge in [0.15, 0.2) is 0 Å². The maximum Gasteiger partial charge on any atom is 0.120 e. The SMILES string of the molecule is CCC(CO)NCc1c(O)ccc2ccccc12. The summed E-state index contributed by atoms with van der Waals surface area (Å²) in [4.78, 5) is 0. The van der Waals surface area contributed by atoms with Crippen LogP contribution in [0.4, 0.5) is 0 Å². The van der Waals surface area contributed by atoms with Crippen molar-refractivity contribution in [2.75, 3.05) is 6.61 Å². The highest BCUT2D eigenvalue weighted by molar-refractivity contribution is 5.87. The molecule has 0 heterocycles. The van der Waals surface area contributed by atoms with Crippen LogP contribution in [0.3, 0.4) is 0 Å². The summed E-state index contributed by atoms with van der Waals surface area (Å²) in [6.07, 6.45) is 0.863. The number of aliphatic hydroxyl groups excluding tert-OH is 1. The van der Waals surface area contributed by atoms with Crippen LogP contribution in [-0.4, -0.2) is 22.9 Å². The van der Waals surface area contributed by atoms with Crippen LogP contribution in [0.5, 0.6) is 5.75 Å². The Morgan fingerprint density at radius 3 is 2.67 bits per heavy atom. The molecule has 0 radical (unpaired) electrons. The molecule has 0 amide bonds. The van der Waals surface area contributed by atoms with Crippen molar-refractivity contribution in [2.24, 2.45) is 0 Å². The minimum Gasteiger partial charge on any atom is -0.508 e. The van der Waals surface area contributed by atoms with Gasteiger partial charge in [0.05, 0.1) is 6.61 Å². The Bertz CT molecular complexity index is 521. The van der Waals surface area contributed by atoms with Crippen molar-refractivity contribution in [1.82, 2.24) is 5.32 Å². The molecule has 0 aliphatic heterocycles. The van der Waals surface area contributed by atoms with Gasteiger partial charge in [0, 0.05) is 18.2 Å². The van der Waals surface area contributed by atoms with Crippen LogP contribution in [-0.2, 0) is 6.54 Å². The molecular weight excluding hydrogens is 226 g/mol. The van der Waals surface area contributed by atoms with Crippen molar-refractivity contribution < 1.29 is 10.2 Å². The molecule has 3 nitrogen and oxygen atoms in total. The van der Waals surface area contributed by atoms with Crippen LogP contribution in [0.1, 0.15) is 18.9 Å². The Morgan fingerprint density at radius 2 is 1.94 bits per heavy atom. The quantitative estimate of drug-likeness (QED) is 0.758. The number of benzene rings is 2. The minimum absolute atomic E-state index is 0.0726. The van der Waals surface area contributed by atoms with Crippen molar-refractivity contribution in [3.63, 3.8) is 0 Å². The van der Waals surface area contributed by atoms with Gasteiger partial charge in [0.25, 0.3) is 0 Å². The monoisotopic (exact) mass is 245 g/mol. The van der Waals surface area contributed by atoms with Gasteiger partial charge in [-0.1, -0.05) is 37.3 Å². The molecule has 2 aromatic rings. The molecule has 18 heavy (non-hydrogen) atoms. The lowest BCUT2D eigenvalue weighted by atomic mass is 10.0. The van der Waals surface area contributed by atoms with Crippen LogP contribution >= 0.6 is 0 Å². The molecule has 3 heteroatoms. The highest BCUT2D eigenvalue weighted by Gasteiger charge is 2.09. The zero-order chi connectivity index (χ0) is 13.0. The van der Waals surface area contributed by atoms with Gasteiger partial charge in [0.2, 0.25) is 0 Å². The van der Waals surface area contributed by atoms with Gasteiger partial charge >= 0.3 is 0 Å². The summed E-state index contributed by atoms with van der Waals surface area (Å²) in [5.74, 6) is 0.300. The van der Waals surface area contributed by atoms with Crippen LogP contribution in [0.25, 0.3) is 10.8 Å². The third kappa shape index (κ3) is 2.63. The van der Waals surface area contributed by atoms with E-state index in [0.717, 1.165) is 22.8 Å². The molecule has 0 saturated heterocycles. The normalized spacial score (nSPS) is 12.8. The lowest BCUT2D eigenvalue weighted by Crippen LogP contribution is -2.31. The van der Waals surface area contributed by atoms with Crippen LogP contribution in [0.15, 0.2) is 36.4 Å². The van der Waals surface area contributed by atoms with Crippen molar-refractivity contribution >= 4 is 10.8 Å². The Balaban J connectivity index is 2.29. The van der Waals surface area contributed by atoms with E-state index in [-0.39, 0.29) is 12.6 Å². The molecule has 2 rings (SSSR count). The topological polar surface area (TPSA) is 52.5 Å². The van der Waals surface area contributed by atoms with Crippen LogP contribution in [0.2, 0.25) is 0 Å². The average Bonchev–Trinajstić information content (AvgIpc) is 2.42. The van der Waals surface area contributed by atoms with Gasteiger partial charge in [0.1, 0.15) is 5.75 Å². The molecule has 0 bridgehead atoms. The number of rotatable bonds is 5. The fourth-order valence-corrected chi connectivity index (χ4v) is 2.09. The molecule has 1 unspecified atom stereocenters. The van der Waals surface area contributed by atoms with Gasteiger partial charge in [-0.2, -0.15) is 0 Å². The number of phenols is 1. The summed E-state index contributed by atoms with van der Waals surface area (Å²) in [5.41, 5.74) is 0.889. The van der Waals surface area contributed by atoms with Gasteiger partial charge in [-0.15, -0.1) is 0 Å². The maximum atomic E-state index is 9.96. The van der Waals surface area contributed by atoms with Gasteiger partial charge in [-0.05, 0) is 23.3 Å². The van der Waals surface area contributed by atoms with Crippen molar-refractivity contribution in [3.05, 3.63) is 42.0 Å². The first-order valence-electron chi connectivity index (χ1n) is 6.30. The number of aromatic hydroxyl groups is 1. The Morgan fingerprint density at radius 1 is 1.17 bits per heavy atom. The number of fused-ring (bicyclic) bond motifs is 1. The first-order valence-corrected chi connectivity index (χ1v) is 6.30. The molecule has 2 aromatic carbocycles. The molecule has 0 aromatic heterocycles. The highest BCUT2D eigenvalue weighted by Crippen LogP contribution is 2.26. The Hall–Kier alpha value is -1.58. The summed E-state index contributed by atoms with van der Waals surface area (Å²) in [6.45, 7) is 2.70. The molecular formula is C15H19NO2. The first kappa shape index (κ1) is 12.9. The standard InChI is InChI=1S/C15H19NO2/c1-2-12(10-17)16-9-14-13-6-4-3-5-11(13)7-8-15(14)18/h3-8,12,16-18H,2,9-10H2,1H3. The summed E-state index contributed by atoms with van der Waals surface area (Å²) < 4.78 is 0. The maximum absolute atomic E-state index is 9.96. The number of aliphatic hydroxyl groups is 1. The first-order chi connectivity index (χ1) is 8.76. The zero-order valence-electron chi connectivity index (χ0n) is 10.6. The fraction of sp³-hybridized carbons (Fsp3) is 0.333. The summed E-state index contributed by atoms with van der Waals surface area (Å²) in [6, 6.07) is 11.7. The molecule has 1 atom stereocenters. The Kier molecular flexibility index (Phi) is 4.18. The number of hydrogen-bond acceptors (Lipinski definition) is 3. The van der Waals surface area contributed by atoms with E-state index < -0.39 is 0 Å². The third-order valence-corrected chi connectivity index (χ3v) is 3.30. The fourth-order valence-electron chi connectivity index (χ4n) is 2.09. The van der Waals surface area contributed by atoms with E-state index in [2.05, 4.69) is 5.32 Å². The summed E-state index contributed by atoms with van der Waals surface area (Å²) in [5, 5.41) is 24.6. The minimum atomic E-state index is 0.0726. The van der Waals surface area contributed by atoms with Gasteiger partial charge in [-0.25, -0.2) is 0 Å². The van der Waals surface area contributed by atoms with E-state index in [4.69, 9.17) is 5.11 Å². The van der Waals surface area contributed by atoms with Crippen LogP contribution < -0.4 is 5.32 Å². The molecule has 3 N–H and O–H groups in total. The second-order valence-corrected chi connectivity index (χ2v) is 4.45. The lowest BCUT2D eigenvalue weighted by molar-refractivity contribution is 0.238. The molecule has 0 spiro atoms. The third-order valence-electron chi connectivity index (χ3n) is 3.30. The van der Waals surface area contributed by atoms with E-state index >= 15 is 0 Å². The van der Waals surface area contributed by atoms with Crippen molar-refractivity contribution in [1.29, 1.82) is 0 Å². The van der Waals surface area contributed by atoms with Crippen molar-refractivity contribution in [2.45, 2.75) is 25.9 Å². The molecule has 0 saturated carbocycles. The van der Waals surface area contributed by atoms with Crippen molar-refractivity contribution in [3.8, 4) is 5.75 Å². The second-order valence-electron chi connectivity index (χ2n) is 4.45. The predicted molar refractivity (Wildman–Crippen MR) is 73.6 cm³/mol. The van der Waals surface area contributed by atoms with E-state index in [9.17, 15) is 5.11 Å². The van der Waals surface area contributed by atoms with E-state index in [1.54, 1.807) is 6.07 Å². The summed E-state index contributed by atoms with van der Waals surface area (Å²) in [7, 11) is 0. The lowest BCUT2D eigenvalue weighted by Gasteiger charge is -2.16. The highest BCUT2D eigenvalue weighted by atomic mass is 16.3. The number of nitrogens with one attached hydrogen (secondary N) is 1. The van der Waals surface area contributed by atoms with Gasteiger partial charge < -0.3 is 15.5 Å². The van der Waals surface area contributed by atoms with E-state index in [1.165, 1.54) is 0 Å². The molecule has 0 fully saturated rings. The Labute approximate surface area is 107 Å². The van der Waals surface area contributed by atoms with Gasteiger partial charge in [-0.3, -0.25) is 0 Å². The molecule has 96 valence electrons. The van der Waals surface area contributed by atoms with E-state index in [0.29, 0.717) is 12.3 Å². The smallest absolute Gasteiger partial charge is 0.120 e. The number of hydrogen-bond donors (Lipinski definition) is 3. The largest absolute Gasteiger partial charge is 0.508 e. The van der Waals surface area contributed by atoms with Crippen LogP contribution in [0, 0.1) is 0 Å². The second kappa shape index (κ2) is 5.85.